The highest BCUT2D eigenvalue weighted by Gasteiger charge is 2.51. The van der Waals surface area contributed by atoms with Crippen molar-refractivity contribution in [2.45, 2.75) is 38.5 Å². The van der Waals surface area contributed by atoms with Crippen molar-refractivity contribution in [3.63, 3.8) is 0 Å². The molecule has 5 aliphatic rings. The van der Waals surface area contributed by atoms with Gasteiger partial charge in [0.1, 0.15) is 0 Å². The van der Waals surface area contributed by atoms with Gasteiger partial charge in [0.05, 0.1) is 13.2 Å². The van der Waals surface area contributed by atoms with Crippen LogP contribution in [0.2, 0.25) is 0 Å². The highest BCUT2D eigenvalue weighted by atomic mass is 16.2. The molecule has 1 heterocycles. The van der Waals surface area contributed by atoms with Crippen LogP contribution in [0.25, 0.3) is 0 Å². The molecule has 3 heteroatoms. The van der Waals surface area contributed by atoms with Crippen molar-refractivity contribution in [2.75, 3.05) is 19.8 Å². The molecular weight excluding hydrogens is 212 g/mol. The summed E-state index contributed by atoms with van der Waals surface area (Å²) in [4.78, 5) is 13.8. The van der Waals surface area contributed by atoms with Crippen LogP contribution in [0, 0.1) is 23.2 Å². The number of amides is 1. The zero-order valence-electron chi connectivity index (χ0n) is 10.5. The fraction of sp³-hybridized carbons (Fsp3) is 0.929. The fourth-order valence-corrected chi connectivity index (χ4v) is 5.53. The predicted octanol–water partition coefficient (Wildman–Crippen LogP) is 1.59. The first kappa shape index (κ1) is 10.4. The Morgan fingerprint density at radius 3 is 2.18 bits per heavy atom. The lowest BCUT2D eigenvalue weighted by atomic mass is 9.49. The maximum atomic E-state index is 11.8. The molecule has 0 aromatic carbocycles. The van der Waals surface area contributed by atoms with E-state index in [0.717, 1.165) is 31.0 Å². The van der Waals surface area contributed by atoms with E-state index in [1.165, 1.54) is 38.5 Å². The summed E-state index contributed by atoms with van der Waals surface area (Å²) in [6, 6.07) is 0. The van der Waals surface area contributed by atoms with Gasteiger partial charge in [0.2, 0.25) is 5.91 Å². The van der Waals surface area contributed by atoms with Gasteiger partial charge in [-0.1, -0.05) is 0 Å². The minimum atomic E-state index is 0.320. The van der Waals surface area contributed by atoms with Crippen LogP contribution >= 0.6 is 0 Å². The fourth-order valence-electron chi connectivity index (χ4n) is 5.53. The third-order valence-electron chi connectivity index (χ3n) is 5.62. The van der Waals surface area contributed by atoms with E-state index in [9.17, 15) is 4.79 Å². The minimum absolute atomic E-state index is 0.320. The van der Waals surface area contributed by atoms with E-state index in [1.54, 1.807) is 0 Å². The minimum Gasteiger partial charge on any atom is -0.328 e. The second-order valence-corrected chi connectivity index (χ2v) is 7.09. The van der Waals surface area contributed by atoms with Crippen LogP contribution in [0.3, 0.4) is 0 Å². The second kappa shape index (κ2) is 3.47. The smallest absolute Gasteiger partial charge is 0.237 e. The molecule has 1 amide bonds. The number of hydrogen-bond acceptors (Lipinski definition) is 2. The summed E-state index contributed by atoms with van der Waals surface area (Å²) in [6.45, 7) is 2.40. The average molecular weight is 234 g/mol. The molecule has 17 heavy (non-hydrogen) atoms. The summed E-state index contributed by atoms with van der Waals surface area (Å²) in [5, 5.41) is 3.18. The molecule has 0 aromatic rings. The molecule has 0 atom stereocenters. The Kier molecular flexibility index (Phi) is 2.11. The zero-order chi connectivity index (χ0) is 11.5. The van der Waals surface area contributed by atoms with Crippen molar-refractivity contribution in [3.05, 3.63) is 0 Å². The second-order valence-electron chi connectivity index (χ2n) is 7.09. The quantitative estimate of drug-likeness (QED) is 0.787. The summed E-state index contributed by atoms with van der Waals surface area (Å²) in [5.41, 5.74) is 0.510. The molecule has 4 bridgehead atoms. The molecule has 3 nitrogen and oxygen atoms in total. The number of hydrogen-bond donors (Lipinski definition) is 1. The van der Waals surface area contributed by atoms with Gasteiger partial charge in [-0.25, -0.2) is 0 Å². The Hall–Kier alpha value is -0.570. The summed E-state index contributed by atoms with van der Waals surface area (Å²) >= 11 is 0. The maximum absolute atomic E-state index is 11.8. The molecule has 4 saturated carbocycles. The molecule has 94 valence electrons. The molecule has 1 aliphatic heterocycles. The molecule has 0 spiro atoms. The Labute approximate surface area is 103 Å². The lowest BCUT2D eigenvalue weighted by Crippen LogP contribution is -2.51. The standard InChI is InChI=1S/C14H22N2O/c17-13-7-15-9-16(13)8-14-4-10-1-11(5-14)3-12(2-10)6-14/h10-12,15H,1-9H2. The normalized spacial score (nSPS) is 48.1. The van der Waals surface area contributed by atoms with Gasteiger partial charge in [-0.15, -0.1) is 0 Å². The third kappa shape index (κ3) is 1.62. The lowest BCUT2D eigenvalue weighted by molar-refractivity contribution is -0.132. The monoisotopic (exact) mass is 234 g/mol. The van der Waals surface area contributed by atoms with Crippen LogP contribution < -0.4 is 5.32 Å². The molecule has 1 N–H and O–H groups in total. The van der Waals surface area contributed by atoms with Crippen molar-refractivity contribution < 1.29 is 4.79 Å². The highest BCUT2D eigenvalue weighted by Crippen LogP contribution is 2.60. The largest absolute Gasteiger partial charge is 0.328 e. The third-order valence-corrected chi connectivity index (χ3v) is 5.62. The molecule has 5 rings (SSSR count). The van der Waals surface area contributed by atoms with Crippen molar-refractivity contribution in [2.24, 2.45) is 23.2 Å². The first-order valence-electron chi connectivity index (χ1n) is 7.21. The van der Waals surface area contributed by atoms with Gasteiger partial charge < -0.3 is 4.90 Å². The Morgan fingerprint density at radius 2 is 1.71 bits per heavy atom. The molecular formula is C14H22N2O. The number of nitrogens with one attached hydrogen (secondary N) is 1. The summed E-state index contributed by atoms with van der Waals surface area (Å²) < 4.78 is 0. The van der Waals surface area contributed by atoms with E-state index < -0.39 is 0 Å². The van der Waals surface area contributed by atoms with Gasteiger partial charge in [0, 0.05) is 6.54 Å². The average Bonchev–Trinajstić information content (AvgIpc) is 2.61. The van der Waals surface area contributed by atoms with Crippen LogP contribution in [-0.4, -0.2) is 30.6 Å². The van der Waals surface area contributed by atoms with Gasteiger partial charge >= 0.3 is 0 Å². The molecule has 0 unspecified atom stereocenters. The Morgan fingerprint density at radius 1 is 1.12 bits per heavy atom. The molecule has 0 aromatic heterocycles. The first-order valence-corrected chi connectivity index (χ1v) is 7.21. The van der Waals surface area contributed by atoms with E-state index >= 15 is 0 Å². The number of carbonyl (C=O) groups excluding carboxylic acids is 1. The molecule has 5 fully saturated rings. The van der Waals surface area contributed by atoms with Gasteiger partial charge in [-0.05, 0) is 61.7 Å². The van der Waals surface area contributed by atoms with Crippen molar-refractivity contribution in [1.82, 2.24) is 10.2 Å². The van der Waals surface area contributed by atoms with E-state index in [2.05, 4.69) is 10.2 Å². The molecule has 1 saturated heterocycles. The van der Waals surface area contributed by atoms with Crippen LogP contribution in [0.4, 0.5) is 0 Å². The topological polar surface area (TPSA) is 32.3 Å². The number of carbonyl (C=O) groups is 1. The molecule has 0 radical (unpaired) electrons. The molecule has 4 aliphatic carbocycles. The first-order chi connectivity index (χ1) is 8.22. The number of nitrogens with zero attached hydrogens (tertiary/aromatic N) is 1. The van der Waals surface area contributed by atoms with Gasteiger partial charge in [0.25, 0.3) is 0 Å². The van der Waals surface area contributed by atoms with E-state index in [4.69, 9.17) is 0 Å². The lowest BCUT2D eigenvalue weighted by Gasteiger charge is -2.57. The highest BCUT2D eigenvalue weighted by molar-refractivity contribution is 5.80. The van der Waals surface area contributed by atoms with E-state index in [0.29, 0.717) is 17.9 Å². The van der Waals surface area contributed by atoms with Crippen molar-refractivity contribution in [3.8, 4) is 0 Å². The Balaban J connectivity index is 1.54. The van der Waals surface area contributed by atoms with Gasteiger partial charge in [-0.3, -0.25) is 10.1 Å². The zero-order valence-corrected chi connectivity index (χ0v) is 10.5. The van der Waals surface area contributed by atoms with Crippen molar-refractivity contribution >= 4 is 5.91 Å². The predicted molar refractivity (Wildman–Crippen MR) is 65.2 cm³/mol. The number of rotatable bonds is 2. The van der Waals surface area contributed by atoms with E-state index in [-0.39, 0.29) is 0 Å². The SMILES string of the molecule is O=C1CNCN1CC12CC3CC(CC(C3)C1)C2. The summed E-state index contributed by atoms with van der Waals surface area (Å²) in [7, 11) is 0. The summed E-state index contributed by atoms with van der Waals surface area (Å²) in [6.07, 6.45) is 8.69. The van der Waals surface area contributed by atoms with Crippen LogP contribution in [0.1, 0.15) is 38.5 Å². The maximum Gasteiger partial charge on any atom is 0.237 e. The van der Waals surface area contributed by atoms with Crippen LogP contribution in [0.15, 0.2) is 0 Å². The van der Waals surface area contributed by atoms with Gasteiger partial charge in [0.15, 0.2) is 0 Å². The van der Waals surface area contributed by atoms with E-state index in [1.807, 2.05) is 0 Å². The summed E-state index contributed by atoms with van der Waals surface area (Å²) in [5.74, 6) is 3.30. The van der Waals surface area contributed by atoms with Gasteiger partial charge in [-0.2, -0.15) is 0 Å². The van der Waals surface area contributed by atoms with Crippen LogP contribution in [0.5, 0.6) is 0 Å². The van der Waals surface area contributed by atoms with Crippen LogP contribution in [-0.2, 0) is 4.79 Å². The Bertz CT molecular complexity index is 317. The van der Waals surface area contributed by atoms with Crippen molar-refractivity contribution in [1.29, 1.82) is 0 Å².